The second-order valence-electron chi connectivity index (χ2n) is 6.21. The molecule has 1 aliphatic rings. The van der Waals surface area contributed by atoms with E-state index in [1.165, 1.54) is 36.1 Å². The first kappa shape index (κ1) is 17.8. The van der Waals surface area contributed by atoms with Crippen LogP contribution in [0.4, 0.5) is 10.1 Å². The highest BCUT2D eigenvalue weighted by atomic mass is 19.1. The number of benzene rings is 2. The van der Waals surface area contributed by atoms with Crippen molar-refractivity contribution in [2.75, 3.05) is 11.4 Å². The number of carbonyl (C=O) groups is 3. The fourth-order valence-electron chi connectivity index (χ4n) is 3.15. The number of rotatable bonds is 5. The number of anilines is 1. The normalized spacial score (nSPS) is 16.8. The van der Waals surface area contributed by atoms with Gasteiger partial charge in [0.2, 0.25) is 11.8 Å². The molecule has 1 saturated heterocycles. The molecule has 0 aliphatic carbocycles. The predicted octanol–water partition coefficient (Wildman–Crippen LogP) is 2.55. The quantitative estimate of drug-likeness (QED) is 0.776. The van der Waals surface area contributed by atoms with E-state index in [1.807, 2.05) is 30.3 Å². The lowest BCUT2D eigenvalue weighted by molar-refractivity contribution is -0.136. The summed E-state index contributed by atoms with van der Waals surface area (Å²) in [5.74, 6) is -1.55. The van der Waals surface area contributed by atoms with E-state index in [-0.39, 0.29) is 12.3 Å². The second kappa shape index (κ2) is 7.47. The molecule has 6 heteroatoms. The highest BCUT2D eigenvalue weighted by molar-refractivity contribution is 6.22. The second-order valence-corrected chi connectivity index (χ2v) is 6.21. The number of halogens is 1. The average molecular weight is 354 g/mol. The van der Waals surface area contributed by atoms with E-state index in [1.54, 1.807) is 0 Å². The lowest BCUT2D eigenvalue weighted by Gasteiger charge is -2.26. The zero-order valence-electron chi connectivity index (χ0n) is 14.4. The Labute approximate surface area is 151 Å². The Hall–Kier alpha value is -3.02. The summed E-state index contributed by atoms with van der Waals surface area (Å²) in [6.07, 6.45) is 0.527. The molecule has 0 bridgehead atoms. The van der Waals surface area contributed by atoms with E-state index >= 15 is 0 Å². The Morgan fingerprint density at radius 3 is 2.38 bits per heavy atom. The lowest BCUT2D eigenvalue weighted by atomic mass is 10.1. The number of carbonyl (C=O) groups excluding carboxylic acids is 3. The van der Waals surface area contributed by atoms with Crippen molar-refractivity contribution >= 4 is 23.4 Å². The molecule has 0 spiro atoms. The Morgan fingerprint density at radius 2 is 1.77 bits per heavy atom. The molecule has 26 heavy (non-hydrogen) atoms. The molecule has 0 saturated carbocycles. The molecule has 5 nitrogen and oxygen atoms in total. The van der Waals surface area contributed by atoms with Crippen LogP contribution in [0.1, 0.15) is 18.9 Å². The van der Waals surface area contributed by atoms with Crippen LogP contribution in [0.25, 0.3) is 0 Å². The largest absolute Gasteiger partial charge is 0.330 e. The third-order valence-electron chi connectivity index (χ3n) is 4.47. The zero-order chi connectivity index (χ0) is 18.7. The first-order valence-corrected chi connectivity index (χ1v) is 8.41. The van der Waals surface area contributed by atoms with Gasteiger partial charge in [-0.2, -0.15) is 0 Å². The van der Waals surface area contributed by atoms with Crippen LogP contribution >= 0.6 is 0 Å². The minimum atomic E-state index is -0.825. The summed E-state index contributed by atoms with van der Waals surface area (Å²) in [5.41, 5.74) is 1.36. The van der Waals surface area contributed by atoms with Crippen LogP contribution in [-0.2, 0) is 20.8 Å². The van der Waals surface area contributed by atoms with Crippen molar-refractivity contribution in [3.63, 3.8) is 0 Å². The summed E-state index contributed by atoms with van der Waals surface area (Å²) in [6, 6.07) is 14.0. The molecule has 2 aromatic rings. The fraction of sp³-hybridized carbons (Fsp3) is 0.250. The standard InChI is InChI=1S/C20H19FN2O3/c1-14(24)22(12-11-15-5-3-2-4-6-15)18-13-19(25)23(20(18)26)17-9-7-16(21)8-10-17/h2-10,18H,11-13H2,1H3. The van der Waals surface area contributed by atoms with Gasteiger partial charge in [-0.1, -0.05) is 30.3 Å². The molecule has 1 fully saturated rings. The molecule has 0 radical (unpaired) electrons. The van der Waals surface area contributed by atoms with Crippen molar-refractivity contribution in [3.05, 3.63) is 66.0 Å². The molecule has 1 aliphatic heterocycles. The summed E-state index contributed by atoms with van der Waals surface area (Å²) < 4.78 is 13.1. The molecular formula is C20H19FN2O3. The van der Waals surface area contributed by atoms with Crippen LogP contribution in [0, 0.1) is 5.82 Å². The van der Waals surface area contributed by atoms with Crippen molar-refractivity contribution in [1.82, 2.24) is 4.90 Å². The minimum absolute atomic E-state index is 0.0649. The van der Waals surface area contributed by atoms with Gasteiger partial charge in [-0.15, -0.1) is 0 Å². The van der Waals surface area contributed by atoms with Gasteiger partial charge in [-0.25, -0.2) is 9.29 Å². The van der Waals surface area contributed by atoms with Gasteiger partial charge in [0.05, 0.1) is 12.1 Å². The molecule has 3 amide bonds. The summed E-state index contributed by atoms with van der Waals surface area (Å²) in [6.45, 7) is 1.74. The Kier molecular flexibility index (Phi) is 5.11. The number of nitrogens with zero attached hydrogens (tertiary/aromatic N) is 2. The van der Waals surface area contributed by atoms with Crippen LogP contribution in [0.5, 0.6) is 0 Å². The van der Waals surface area contributed by atoms with Gasteiger partial charge in [-0.05, 0) is 36.2 Å². The van der Waals surface area contributed by atoms with E-state index in [4.69, 9.17) is 0 Å². The molecular weight excluding hydrogens is 335 g/mol. The zero-order valence-corrected chi connectivity index (χ0v) is 14.4. The summed E-state index contributed by atoms with van der Waals surface area (Å²) >= 11 is 0. The number of imide groups is 1. The van der Waals surface area contributed by atoms with Crippen LogP contribution in [-0.4, -0.2) is 35.2 Å². The maximum absolute atomic E-state index is 13.1. The van der Waals surface area contributed by atoms with Gasteiger partial charge in [0.15, 0.2) is 0 Å². The van der Waals surface area contributed by atoms with Gasteiger partial charge in [0.25, 0.3) is 5.91 Å². The van der Waals surface area contributed by atoms with Crippen molar-refractivity contribution in [2.45, 2.75) is 25.8 Å². The van der Waals surface area contributed by atoms with Gasteiger partial charge in [-0.3, -0.25) is 14.4 Å². The highest BCUT2D eigenvalue weighted by Crippen LogP contribution is 2.26. The first-order chi connectivity index (χ1) is 12.5. The van der Waals surface area contributed by atoms with E-state index in [0.29, 0.717) is 18.7 Å². The van der Waals surface area contributed by atoms with Crippen LogP contribution < -0.4 is 4.90 Å². The Morgan fingerprint density at radius 1 is 1.12 bits per heavy atom. The molecule has 1 atom stereocenters. The number of hydrogen-bond donors (Lipinski definition) is 0. The van der Waals surface area contributed by atoms with Crippen molar-refractivity contribution < 1.29 is 18.8 Å². The molecule has 1 unspecified atom stereocenters. The van der Waals surface area contributed by atoms with E-state index in [2.05, 4.69) is 0 Å². The SMILES string of the molecule is CC(=O)N(CCc1ccccc1)C1CC(=O)N(c2ccc(F)cc2)C1=O. The lowest BCUT2D eigenvalue weighted by Crippen LogP contribution is -2.45. The maximum Gasteiger partial charge on any atom is 0.257 e. The van der Waals surface area contributed by atoms with Gasteiger partial charge in [0, 0.05) is 13.5 Å². The third-order valence-corrected chi connectivity index (χ3v) is 4.47. The minimum Gasteiger partial charge on any atom is -0.330 e. The molecule has 1 heterocycles. The number of hydrogen-bond acceptors (Lipinski definition) is 3. The monoisotopic (exact) mass is 354 g/mol. The number of amides is 3. The predicted molar refractivity (Wildman–Crippen MR) is 94.8 cm³/mol. The van der Waals surface area contributed by atoms with E-state index in [0.717, 1.165) is 10.5 Å². The average Bonchev–Trinajstić information content (AvgIpc) is 2.91. The van der Waals surface area contributed by atoms with Crippen LogP contribution in [0.15, 0.2) is 54.6 Å². The molecule has 2 aromatic carbocycles. The van der Waals surface area contributed by atoms with Crippen LogP contribution in [0.2, 0.25) is 0 Å². The highest BCUT2D eigenvalue weighted by Gasteiger charge is 2.43. The van der Waals surface area contributed by atoms with Gasteiger partial charge in [0.1, 0.15) is 11.9 Å². The molecule has 134 valence electrons. The molecule has 3 rings (SSSR count). The Balaban J connectivity index is 1.77. The topological polar surface area (TPSA) is 57.7 Å². The molecule has 0 aromatic heterocycles. The van der Waals surface area contributed by atoms with Crippen molar-refractivity contribution in [2.24, 2.45) is 0 Å². The maximum atomic E-state index is 13.1. The van der Waals surface area contributed by atoms with E-state index < -0.39 is 23.7 Å². The third kappa shape index (κ3) is 3.64. The van der Waals surface area contributed by atoms with Crippen LogP contribution in [0.3, 0.4) is 0 Å². The van der Waals surface area contributed by atoms with Crippen molar-refractivity contribution in [3.8, 4) is 0 Å². The summed E-state index contributed by atoms with van der Waals surface area (Å²) in [4.78, 5) is 39.7. The first-order valence-electron chi connectivity index (χ1n) is 8.41. The smallest absolute Gasteiger partial charge is 0.257 e. The summed E-state index contributed by atoms with van der Waals surface area (Å²) in [7, 11) is 0. The van der Waals surface area contributed by atoms with E-state index in [9.17, 15) is 18.8 Å². The molecule has 0 N–H and O–H groups in total. The Bertz CT molecular complexity index is 821. The van der Waals surface area contributed by atoms with Gasteiger partial charge < -0.3 is 4.90 Å². The van der Waals surface area contributed by atoms with Crippen molar-refractivity contribution in [1.29, 1.82) is 0 Å². The van der Waals surface area contributed by atoms with Gasteiger partial charge >= 0.3 is 0 Å². The fourth-order valence-corrected chi connectivity index (χ4v) is 3.15. The summed E-state index contributed by atoms with van der Waals surface area (Å²) in [5, 5.41) is 0.